The molecule has 1 unspecified atom stereocenters. The number of nitrogens with zero attached hydrogens (tertiary/aromatic N) is 1. The van der Waals surface area contributed by atoms with E-state index in [9.17, 15) is 10.1 Å². The number of rotatable bonds is 3. The van der Waals surface area contributed by atoms with Crippen LogP contribution < -0.4 is 0 Å². The Morgan fingerprint density at radius 1 is 1.45 bits per heavy atom. The summed E-state index contributed by atoms with van der Waals surface area (Å²) < 4.78 is 0.729. The Hall–Kier alpha value is -1.68. The third-order valence-corrected chi connectivity index (χ3v) is 3.97. The van der Waals surface area contributed by atoms with Crippen molar-refractivity contribution in [1.82, 2.24) is 0 Å². The number of benzene rings is 1. The minimum atomic E-state index is -0.305. The van der Waals surface area contributed by atoms with E-state index in [1.807, 2.05) is 32.1 Å². The van der Waals surface area contributed by atoms with Crippen LogP contribution in [0.5, 0.6) is 0 Å². The fourth-order valence-corrected chi connectivity index (χ4v) is 2.92. The molecule has 0 saturated carbocycles. The number of nitro benzene ring substituents is 1. The van der Waals surface area contributed by atoms with Gasteiger partial charge in [0, 0.05) is 22.0 Å². The Morgan fingerprint density at radius 3 is 2.85 bits per heavy atom. The van der Waals surface area contributed by atoms with E-state index in [0.717, 1.165) is 27.6 Å². The predicted molar refractivity (Wildman–Crippen MR) is 84.8 cm³/mol. The average Bonchev–Trinajstić information content (AvgIpc) is 2.41. The van der Waals surface area contributed by atoms with E-state index in [1.165, 1.54) is 0 Å². The first-order valence-corrected chi connectivity index (χ1v) is 7.27. The van der Waals surface area contributed by atoms with Gasteiger partial charge in [-0.25, -0.2) is 0 Å². The maximum absolute atomic E-state index is 11.3. The van der Waals surface area contributed by atoms with E-state index in [1.54, 1.807) is 6.07 Å². The van der Waals surface area contributed by atoms with Crippen LogP contribution >= 0.6 is 15.9 Å². The summed E-state index contributed by atoms with van der Waals surface area (Å²) in [5.41, 5.74) is 3.27. The highest BCUT2D eigenvalue weighted by Gasteiger charge is 2.25. The molecule has 0 heterocycles. The van der Waals surface area contributed by atoms with Crippen LogP contribution in [0.15, 0.2) is 58.1 Å². The summed E-state index contributed by atoms with van der Waals surface area (Å²) in [6.07, 6.45) is 8.99. The molecule has 0 bridgehead atoms. The Labute approximate surface area is 127 Å². The van der Waals surface area contributed by atoms with Crippen LogP contribution in [0.25, 0.3) is 0 Å². The van der Waals surface area contributed by atoms with Crippen LogP contribution in [0.3, 0.4) is 0 Å². The molecule has 0 aromatic heterocycles. The molecule has 0 spiro atoms. The first-order chi connectivity index (χ1) is 9.54. The second-order valence-corrected chi connectivity index (χ2v) is 5.70. The first-order valence-electron chi connectivity index (χ1n) is 6.48. The molecule has 0 amide bonds. The number of hydrogen-bond acceptors (Lipinski definition) is 2. The molecular formula is C16H16BrNO2. The normalized spacial score (nSPS) is 18.9. The number of halogens is 1. The summed E-state index contributed by atoms with van der Waals surface area (Å²) in [5.74, 6) is 0.0460. The molecule has 20 heavy (non-hydrogen) atoms. The fourth-order valence-electron chi connectivity index (χ4n) is 2.57. The van der Waals surface area contributed by atoms with E-state index in [0.29, 0.717) is 0 Å². The van der Waals surface area contributed by atoms with Crippen molar-refractivity contribution in [2.45, 2.75) is 26.2 Å². The molecule has 104 valence electrons. The summed E-state index contributed by atoms with van der Waals surface area (Å²) >= 11 is 3.30. The van der Waals surface area contributed by atoms with Gasteiger partial charge in [0.15, 0.2) is 0 Å². The molecule has 0 radical (unpaired) electrons. The van der Waals surface area contributed by atoms with Gasteiger partial charge in [-0.2, -0.15) is 0 Å². The Bertz CT molecular complexity index is 629. The number of allylic oxidation sites excluding steroid dienone is 6. The summed E-state index contributed by atoms with van der Waals surface area (Å²) in [7, 11) is 0. The summed E-state index contributed by atoms with van der Waals surface area (Å²) in [5, 5.41) is 11.3. The van der Waals surface area contributed by atoms with Gasteiger partial charge in [-0.1, -0.05) is 46.3 Å². The minimum Gasteiger partial charge on any atom is -0.258 e. The zero-order valence-electron chi connectivity index (χ0n) is 11.5. The van der Waals surface area contributed by atoms with E-state index in [4.69, 9.17) is 0 Å². The lowest BCUT2D eigenvalue weighted by Crippen LogP contribution is -2.08. The Balaban J connectivity index is 2.56. The average molecular weight is 334 g/mol. The first kappa shape index (κ1) is 14.7. The molecule has 1 aromatic carbocycles. The van der Waals surface area contributed by atoms with Gasteiger partial charge in [0.2, 0.25) is 0 Å². The molecule has 2 rings (SSSR count). The van der Waals surface area contributed by atoms with E-state index >= 15 is 0 Å². The quantitative estimate of drug-likeness (QED) is 0.556. The molecular weight excluding hydrogens is 318 g/mol. The third-order valence-electron chi connectivity index (χ3n) is 3.48. The van der Waals surface area contributed by atoms with Crippen molar-refractivity contribution in [3.05, 3.63) is 73.8 Å². The molecule has 0 N–H and O–H groups in total. The molecule has 0 aliphatic heterocycles. The van der Waals surface area contributed by atoms with Gasteiger partial charge in [-0.05, 0) is 37.5 Å². The van der Waals surface area contributed by atoms with Gasteiger partial charge in [0.1, 0.15) is 0 Å². The highest BCUT2D eigenvalue weighted by atomic mass is 79.9. The SMILES string of the molecule is C/C=C\C1=C(C)C=CCC1c1ccc(Br)cc1[N+](=O)[O-]. The topological polar surface area (TPSA) is 43.1 Å². The van der Waals surface area contributed by atoms with Crippen LogP contribution in [0.1, 0.15) is 31.7 Å². The van der Waals surface area contributed by atoms with Gasteiger partial charge in [0.05, 0.1) is 4.92 Å². The number of hydrogen-bond donors (Lipinski definition) is 0. The Morgan fingerprint density at radius 2 is 2.20 bits per heavy atom. The standard InChI is InChI=1S/C16H16BrNO2/c1-3-5-13-11(2)6-4-7-14(13)15-9-8-12(17)10-16(15)18(19)20/h3-6,8-10,14H,7H2,1-2H3/b5-3-. The van der Waals surface area contributed by atoms with Crippen molar-refractivity contribution < 1.29 is 4.92 Å². The van der Waals surface area contributed by atoms with Crippen molar-refractivity contribution >= 4 is 21.6 Å². The van der Waals surface area contributed by atoms with Gasteiger partial charge < -0.3 is 0 Å². The summed E-state index contributed by atoms with van der Waals surface area (Å²) in [6, 6.07) is 5.29. The molecule has 1 aliphatic rings. The molecule has 3 nitrogen and oxygen atoms in total. The van der Waals surface area contributed by atoms with E-state index in [-0.39, 0.29) is 16.5 Å². The van der Waals surface area contributed by atoms with Crippen molar-refractivity contribution in [1.29, 1.82) is 0 Å². The van der Waals surface area contributed by atoms with Crippen molar-refractivity contribution in [3.8, 4) is 0 Å². The fraction of sp³-hybridized carbons (Fsp3) is 0.250. The lowest BCUT2D eigenvalue weighted by atomic mass is 9.81. The van der Waals surface area contributed by atoms with Gasteiger partial charge in [-0.15, -0.1) is 0 Å². The summed E-state index contributed by atoms with van der Waals surface area (Å²) in [6.45, 7) is 4.01. The second-order valence-electron chi connectivity index (χ2n) is 4.79. The highest BCUT2D eigenvalue weighted by Crippen LogP contribution is 2.40. The highest BCUT2D eigenvalue weighted by molar-refractivity contribution is 9.10. The van der Waals surface area contributed by atoms with Crippen LogP contribution in [0, 0.1) is 10.1 Å². The largest absolute Gasteiger partial charge is 0.274 e. The summed E-state index contributed by atoms with van der Waals surface area (Å²) in [4.78, 5) is 11.0. The lowest BCUT2D eigenvalue weighted by molar-refractivity contribution is -0.385. The van der Waals surface area contributed by atoms with Crippen molar-refractivity contribution in [2.75, 3.05) is 0 Å². The minimum absolute atomic E-state index is 0.0460. The Kier molecular flexibility index (Phi) is 4.55. The van der Waals surface area contributed by atoms with Gasteiger partial charge >= 0.3 is 0 Å². The second kappa shape index (κ2) is 6.18. The molecule has 0 fully saturated rings. The molecule has 1 aromatic rings. The van der Waals surface area contributed by atoms with Crippen molar-refractivity contribution in [2.24, 2.45) is 0 Å². The smallest absolute Gasteiger partial charge is 0.258 e. The predicted octanol–water partition coefficient (Wildman–Crippen LogP) is 5.29. The van der Waals surface area contributed by atoms with Crippen LogP contribution in [0.4, 0.5) is 5.69 Å². The zero-order chi connectivity index (χ0) is 14.7. The molecule has 4 heteroatoms. The number of nitro groups is 1. The van der Waals surface area contributed by atoms with Crippen LogP contribution in [-0.4, -0.2) is 4.92 Å². The van der Waals surface area contributed by atoms with E-state index < -0.39 is 0 Å². The monoisotopic (exact) mass is 333 g/mol. The lowest BCUT2D eigenvalue weighted by Gasteiger charge is -2.22. The van der Waals surface area contributed by atoms with Crippen molar-refractivity contribution in [3.63, 3.8) is 0 Å². The van der Waals surface area contributed by atoms with Crippen LogP contribution in [0.2, 0.25) is 0 Å². The van der Waals surface area contributed by atoms with E-state index in [2.05, 4.69) is 34.2 Å². The molecule has 1 atom stereocenters. The molecule has 1 aliphatic carbocycles. The maximum atomic E-state index is 11.3. The van der Waals surface area contributed by atoms with Crippen LogP contribution in [-0.2, 0) is 0 Å². The maximum Gasteiger partial charge on any atom is 0.274 e. The van der Waals surface area contributed by atoms with Gasteiger partial charge in [0.25, 0.3) is 5.69 Å². The zero-order valence-corrected chi connectivity index (χ0v) is 13.1. The third kappa shape index (κ3) is 2.90. The van der Waals surface area contributed by atoms with Gasteiger partial charge in [-0.3, -0.25) is 10.1 Å². The molecule has 0 saturated heterocycles.